The summed E-state index contributed by atoms with van der Waals surface area (Å²) in [5.74, 6) is -14.2. The number of aromatic amines is 1. The SMILES string of the molecule is CC(C)[C@H](Nc1c(NCCN2CCN(CC(=O)O)CCN(C(CCC(=O)NCCNc3c(NCCCCC(NC(=O)CCC(NC(=O)NC(CCC(=O)O)C(=O)O)C(=O)O)C(=O)O)c(=O)c3=O)C(=O)O)CCN(CC(=O)O)CC2)c(=O)c1=O)C(=O)N[C@@H](CCCNC(N)=O)C(=O)Nc1ccc(COC(=O)N(C)Cc2ccc(-c3[nH]c4cc(F)cc5c4c3CCNC5=O)cc2)cc1. The first-order valence-electron chi connectivity index (χ1n) is 42.3. The molecular formula is C84H110FN19O27. The molecule has 0 aliphatic carbocycles. The van der Waals surface area contributed by atoms with Crippen LogP contribution in [0.3, 0.4) is 0 Å². The summed E-state index contributed by atoms with van der Waals surface area (Å²) in [7, 11) is 1.57. The number of ether oxygens (including phenoxy) is 1. The van der Waals surface area contributed by atoms with E-state index in [9.17, 15) is 126 Å². The van der Waals surface area contributed by atoms with Gasteiger partial charge in [-0.2, -0.15) is 0 Å². The number of hydrogen-bond donors (Lipinski definition) is 21. The Morgan fingerprint density at radius 3 is 1.66 bits per heavy atom. The molecule has 4 unspecified atom stereocenters. The molecule has 10 amide bonds. The number of carboxylic acid groups (broad SMARTS) is 7. The van der Waals surface area contributed by atoms with Crippen molar-refractivity contribution in [2.75, 3.05) is 145 Å². The summed E-state index contributed by atoms with van der Waals surface area (Å²) in [4.78, 5) is 251. The van der Waals surface area contributed by atoms with Crippen molar-refractivity contribution in [2.45, 2.75) is 140 Å². The van der Waals surface area contributed by atoms with Crippen molar-refractivity contribution in [2.24, 2.45) is 11.7 Å². The molecule has 1 fully saturated rings. The third-order valence-electron chi connectivity index (χ3n) is 21.9. The number of rotatable bonds is 51. The van der Waals surface area contributed by atoms with E-state index in [2.05, 4.69) is 58.2 Å². The first kappa shape index (κ1) is 102. The average molecular weight is 1840 g/mol. The van der Waals surface area contributed by atoms with E-state index in [0.29, 0.717) is 35.1 Å². The first-order valence-corrected chi connectivity index (χ1v) is 42.3. The lowest BCUT2D eigenvalue weighted by atomic mass is 9.99. The van der Waals surface area contributed by atoms with E-state index in [1.54, 1.807) is 55.0 Å². The maximum Gasteiger partial charge on any atom is 0.410 e. The van der Waals surface area contributed by atoms with Gasteiger partial charge in [-0.1, -0.05) is 50.2 Å². The number of urea groups is 2. The Balaban J connectivity index is 0.779. The Bertz CT molecular complexity index is 5230. The highest BCUT2D eigenvalue weighted by Gasteiger charge is 2.35. The smallest absolute Gasteiger partial charge is 0.410 e. The molecule has 46 nitrogen and oxygen atoms in total. The highest BCUT2D eigenvalue weighted by atomic mass is 19.1. The van der Waals surface area contributed by atoms with Crippen molar-refractivity contribution < 1.29 is 117 Å². The standard InChI is InChI=1S/C84H110FN19O27/c1-45(2)65(77(119)96-53(8-6-25-92-82(86)128)76(118)93-50-15-11-47(12-16-50)44-131-84(130)100(3)41-46-9-13-48(14-10-46)66-51-23-26-91-75(117)52-39-49(85)40-57(95-66)64(51)52)99-70-69(73(115)74(70)116)90-29-30-101-31-33-102(42-62(109)110)35-37-104(38-36-103(34-32-101)43-63(111)112)58(81(126)127)19-21-59(105)87-27-28-89-68-67(71(113)72(68)114)88-24-5-4-7-54(78(120)121)94-60(106)20-17-55(79(122)123)97-83(129)98-56(80(124)125)18-22-61(107)108/h9-16,39-40,45,53-56,58,65,88-90,95,99H,4-8,17-38,41-44H2,1-3H3,(H,87,105)(H,91,117)(H,93,118)(H,94,106)(H,96,119)(H,107,108)(H,109,110)(H,111,112)(H,120,121)(H,122,123)(H,124,125)(H,126,127)(H3,86,92,128)(H2,97,98,129)/t53-,54?,55?,56?,58?,65-/m0/s1. The number of primary amides is 1. The van der Waals surface area contributed by atoms with Crippen molar-refractivity contribution in [3.8, 4) is 11.3 Å². The molecule has 0 radical (unpaired) electrons. The highest BCUT2D eigenvalue weighted by Crippen LogP contribution is 2.35. The Morgan fingerprint density at radius 1 is 0.534 bits per heavy atom. The molecule has 6 aromatic rings. The first-order chi connectivity index (χ1) is 62.2. The Morgan fingerprint density at radius 2 is 1.08 bits per heavy atom. The van der Waals surface area contributed by atoms with Crippen LogP contribution < -0.4 is 91.3 Å². The van der Waals surface area contributed by atoms with Gasteiger partial charge in [0.2, 0.25) is 23.6 Å². The molecule has 0 saturated carbocycles. The van der Waals surface area contributed by atoms with E-state index in [0.717, 1.165) is 22.4 Å². The number of nitrogens with zero attached hydrogens (tertiary/aromatic N) is 5. The zero-order valence-electron chi connectivity index (χ0n) is 72.2. The topological polar surface area (TPSA) is 678 Å². The molecule has 0 spiro atoms. The molecule has 1 aromatic heterocycles. The van der Waals surface area contributed by atoms with Gasteiger partial charge in [-0.15, -0.1) is 0 Å². The number of carbonyl (C=O) groups excluding carboxylic acids is 8. The van der Waals surface area contributed by atoms with Crippen LogP contribution in [0.15, 0.2) is 79.8 Å². The fourth-order valence-corrected chi connectivity index (χ4v) is 14.8. The second kappa shape index (κ2) is 49.4. The molecule has 710 valence electrons. The van der Waals surface area contributed by atoms with Gasteiger partial charge in [-0.05, 0) is 110 Å². The lowest BCUT2D eigenvalue weighted by molar-refractivity contribution is -0.145. The van der Waals surface area contributed by atoms with Gasteiger partial charge in [-0.3, -0.25) is 81.9 Å². The summed E-state index contributed by atoms with van der Waals surface area (Å²) < 4.78 is 20.1. The van der Waals surface area contributed by atoms with Crippen molar-refractivity contribution in [1.29, 1.82) is 0 Å². The zero-order chi connectivity index (χ0) is 95.9. The quantitative estimate of drug-likeness (QED) is 0.0169. The minimum atomic E-state index is -1.74. The Labute approximate surface area is 747 Å². The monoisotopic (exact) mass is 1840 g/mol. The average Bonchev–Trinajstić information content (AvgIpc) is 1.56. The second-order valence-electron chi connectivity index (χ2n) is 31.9. The summed E-state index contributed by atoms with van der Waals surface area (Å²) in [6.45, 7) is 3.05. The highest BCUT2D eigenvalue weighted by molar-refractivity contribution is 6.10. The van der Waals surface area contributed by atoms with Crippen LogP contribution in [0.4, 0.5) is 47.2 Å². The number of H-pyrrole nitrogens is 1. The van der Waals surface area contributed by atoms with Crippen molar-refractivity contribution in [3.63, 3.8) is 0 Å². The number of benzene rings is 3. The molecule has 3 heterocycles. The van der Waals surface area contributed by atoms with Crippen molar-refractivity contribution >= 4 is 129 Å². The maximum absolute atomic E-state index is 14.5. The number of hydrogen-bond acceptors (Lipinski definition) is 28. The summed E-state index contributed by atoms with van der Waals surface area (Å²) in [5, 5.41) is 99.7. The van der Waals surface area contributed by atoms with E-state index in [-0.39, 0.29) is 184 Å². The molecule has 6 atom stereocenters. The fraction of sp³-hybridized carbons (Fsp3) is 0.488. The number of aliphatic carboxylic acids is 7. The van der Waals surface area contributed by atoms with Gasteiger partial charge in [0, 0.05) is 153 Å². The minimum absolute atomic E-state index is 0.0117. The number of nitrogens with one attached hydrogen (secondary N) is 13. The Hall–Kier alpha value is -14.2. The van der Waals surface area contributed by atoms with Crippen LogP contribution in [0.2, 0.25) is 0 Å². The summed E-state index contributed by atoms with van der Waals surface area (Å²) >= 11 is 0. The number of aromatic nitrogens is 1. The maximum atomic E-state index is 14.5. The third-order valence-corrected chi connectivity index (χ3v) is 21.9. The third kappa shape index (κ3) is 31.0. The van der Waals surface area contributed by atoms with Gasteiger partial charge in [0.15, 0.2) is 0 Å². The normalized spacial score (nSPS) is 14.9. The van der Waals surface area contributed by atoms with E-state index in [4.69, 9.17) is 15.6 Å². The second-order valence-corrected chi connectivity index (χ2v) is 31.9. The molecule has 8 rings (SSSR count). The zero-order valence-corrected chi connectivity index (χ0v) is 72.2. The molecule has 0 bridgehead atoms. The van der Waals surface area contributed by atoms with Crippen molar-refractivity contribution in [1.82, 2.24) is 66.7 Å². The van der Waals surface area contributed by atoms with Gasteiger partial charge in [0.1, 0.15) is 71.4 Å². The van der Waals surface area contributed by atoms with Crippen LogP contribution in [-0.4, -0.2) is 309 Å². The van der Waals surface area contributed by atoms with Crippen LogP contribution >= 0.6 is 0 Å². The molecule has 2 aliphatic rings. The number of carboxylic acids is 7. The number of unbranched alkanes of at least 4 members (excludes halogenated alkanes) is 1. The van der Waals surface area contributed by atoms with Gasteiger partial charge >= 0.3 is 59.9 Å². The van der Waals surface area contributed by atoms with Gasteiger partial charge in [-0.25, -0.2) is 33.2 Å². The van der Waals surface area contributed by atoms with Crippen LogP contribution in [0.1, 0.15) is 112 Å². The number of amides is 10. The molecule has 22 N–H and O–H groups in total. The molecule has 47 heteroatoms. The molecule has 1 saturated heterocycles. The molecular weight excluding hydrogens is 1730 g/mol. The number of carbonyl (C=O) groups is 15. The van der Waals surface area contributed by atoms with Crippen LogP contribution in [0.25, 0.3) is 22.2 Å². The largest absolute Gasteiger partial charge is 0.481 e. The van der Waals surface area contributed by atoms with Gasteiger partial charge < -0.3 is 120 Å². The van der Waals surface area contributed by atoms with Gasteiger partial charge in [0.25, 0.3) is 27.6 Å². The lowest BCUT2D eigenvalue weighted by Gasteiger charge is -2.35. The minimum Gasteiger partial charge on any atom is -0.481 e. The predicted octanol–water partition coefficient (Wildman–Crippen LogP) is -0.504. The van der Waals surface area contributed by atoms with Crippen LogP contribution in [0, 0.1) is 11.7 Å². The van der Waals surface area contributed by atoms with Crippen LogP contribution in [-0.2, 0) is 77.0 Å². The molecule has 5 aromatic carbocycles. The summed E-state index contributed by atoms with van der Waals surface area (Å²) in [6, 6.07) is 5.56. The lowest BCUT2D eigenvalue weighted by Crippen LogP contribution is -2.52. The molecule has 131 heavy (non-hydrogen) atoms. The summed E-state index contributed by atoms with van der Waals surface area (Å²) in [5.41, 5.74) is 5.94. The van der Waals surface area contributed by atoms with Gasteiger partial charge in [0.05, 0.1) is 18.7 Å². The number of anilines is 5. The van der Waals surface area contributed by atoms with E-state index in [1.165, 1.54) is 21.9 Å². The van der Waals surface area contributed by atoms with Crippen LogP contribution in [0.5, 0.6) is 0 Å². The van der Waals surface area contributed by atoms with E-state index < -0.39 is 192 Å². The predicted molar refractivity (Wildman–Crippen MR) is 469 cm³/mol. The van der Waals surface area contributed by atoms with E-state index in [1.807, 2.05) is 39.8 Å². The van der Waals surface area contributed by atoms with E-state index >= 15 is 0 Å². The van der Waals surface area contributed by atoms with Crippen molar-refractivity contribution in [3.05, 3.63) is 130 Å². The molecule has 2 aliphatic heterocycles. The Kier molecular flexibility index (Phi) is 38.5. The fourth-order valence-electron chi connectivity index (χ4n) is 14.8. The number of nitrogens with two attached hydrogens (primary N) is 1. The number of halogens is 1. The summed E-state index contributed by atoms with van der Waals surface area (Å²) in [6.07, 6.45) is -2.71.